The number of hydrogen-bond acceptors (Lipinski definition) is 3. The van der Waals surface area contributed by atoms with Crippen LogP contribution in [0.4, 0.5) is 11.4 Å². The van der Waals surface area contributed by atoms with Crippen molar-refractivity contribution in [2.75, 3.05) is 51.2 Å². The van der Waals surface area contributed by atoms with Gasteiger partial charge in [0.05, 0.1) is 13.2 Å². The molecule has 0 aliphatic heterocycles. The van der Waals surface area contributed by atoms with E-state index in [2.05, 4.69) is 219 Å². The van der Waals surface area contributed by atoms with Crippen molar-refractivity contribution in [3.63, 3.8) is 0 Å². The molecule has 0 N–H and O–H groups in total. The maximum absolute atomic E-state index is 7.15. The summed E-state index contributed by atoms with van der Waals surface area (Å²) >= 11 is 0. The minimum Gasteiger partial charge on any atom is -0.379 e. The van der Waals surface area contributed by atoms with Crippen LogP contribution in [0.5, 0.6) is 0 Å². The number of ether oxygens (including phenoxy) is 1. The summed E-state index contributed by atoms with van der Waals surface area (Å²) in [5, 5.41) is 2.57. The highest BCUT2D eigenvalue weighted by Gasteiger charge is 2.27. The molecule has 0 aliphatic carbocycles. The number of aromatic nitrogens is 2. The highest BCUT2D eigenvalue weighted by atomic mass is 16.5. The number of benzene rings is 6. The van der Waals surface area contributed by atoms with E-state index in [9.17, 15) is 0 Å². The first-order valence-corrected chi connectivity index (χ1v) is 20.1. The number of para-hydroxylation sites is 2. The molecule has 5 heteroatoms. The van der Waals surface area contributed by atoms with Crippen LogP contribution < -0.4 is 9.80 Å². The molecule has 2 aromatic heterocycles. The van der Waals surface area contributed by atoms with Crippen molar-refractivity contribution in [1.29, 1.82) is 0 Å². The molecule has 0 bridgehead atoms. The molecule has 0 amide bonds. The maximum atomic E-state index is 7.15. The Hall–Kier alpha value is -6.04. The van der Waals surface area contributed by atoms with E-state index in [1.54, 1.807) is 0 Å². The van der Waals surface area contributed by atoms with E-state index in [-0.39, 0.29) is 11.8 Å². The third kappa shape index (κ3) is 7.73. The molecule has 8 aromatic rings. The number of rotatable bonds is 14. The third-order valence-corrected chi connectivity index (χ3v) is 11.8. The molecule has 8 rings (SSSR count). The van der Waals surface area contributed by atoms with Gasteiger partial charge < -0.3 is 23.7 Å². The molecule has 0 radical (unpaired) electrons. The van der Waals surface area contributed by atoms with Crippen molar-refractivity contribution in [3.8, 4) is 0 Å². The molecule has 2 heterocycles. The highest BCUT2D eigenvalue weighted by Crippen LogP contribution is 2.40. The van der Waals surface area contributed by atoms with Gasteiger partial charge in [-0.2, -0.15) is 0 Å². The lowest BCUT2D eigenvalue weighted by molar-refractivity contribution is 0.121. The molecule has 57 heavy (non-hydrogen) atoms. The zero-order valence-corrected chi connectivity index (χ0v) is 34.2. The van der Waals surface area contributed by atoms with Crippen molar-refractivity contribution in [3.05, 3.63) is 202 Å². The molecule has 2 atom stereocenters. The van der Waals surface area contributed by atoms with Gasteiger partial charge in [-0.1, -0.05) is 121 Å². The summed E-state index contributed by atoms with van der Waals surface area (Å²) in [5.41, 5.74) is 15.2. The van der Waals surface area contributed by atoms with Crippen molar-refractivity contribution in [1.82, 2.24) is 9.13 Å². The molecule has 0 saturated heterocycles. The Morgan fingerprint density at radius 2 is 0.789 bits per heavy atom. The molecule has 6 aromatic carbocycles. The Morgan fingerprint density at radius 1 is 0.439 bits per heavy atom. The van der Waals surface area contributed by atoms with Gasteiger partial charge >= 0.3 is 0 Å². The second-order valence-electron chi connectivity index (χ2n) is 15.8. The van der Waals surface area contributed by atoms with Crippen molar-refractivity contribution in [2.24, 2.45) is 0 Å². The second-order valence-corrected chi connectivity index (χ2v) is 15.8. The van der Waals surface area contributed by atoms with E-state index in [1.807, 2.05) is 0 Å². The van der Waals surface area contributed by atoms with E-state index in [1.165, 1.54) is 77.9 Å². The fourth-order valence-corrected chi connectivity index (χ4v) is 8.74. The normalized spacial score (nSPS) is 12.6. The van der Waals surface area contributed by atoms with Crippen LogP contribution in [0.3, 0.4) is 0 Å². The highest BCUT2D eigenvalue weighted by molar-refractivity contribution is 5.88. The largest absolute Gasteiger partial charge is 0.379 e. The van der Waals surface area contributed by atoms with Gasteiger partial charge in [0.2, 0.25) is 0 Å². The van der Waals surface area contributed by atoms with Gasteiger partial charge in [0.15, 0.2) is 0 Å². The summed E-state index contributed by atoms with van der Waals surface area (Å²) in [6.45, 7) is 7.32. The van der Waals surface area contributed by atoms with Gasteiger partial charge in [0, 0.05) is 97.7 Å². The first kappa shape index (κ1) is 37.9. The van der Waals surface area contributed by atoms with Crippen LogP contribution in [0, 0.1) is 13.8 Å². The van der Waals surface area contributed by atoms with Gasteiger partial charge in [-0.3, -0.25) is 0 Å². The average Bonchev–Trinajstić information content (AvgIpc) is 3.67. The first-order chi connectivity index (χ1) is 27.8. The zero-order chi connectivity index (χ0) is 39.5. The van der Waals surface area contributed by atoms with Gasteiger partial charge in [-0.15, -0.1) is 0 Å². The molecule has 5 nitrogen and oxygen atoms in total. The van der Waals surface area contributed by atoms with Crippen LogP contribution in [0.1, 0.15) is 56.6 Å². The fourth-order valence-electron chi connectivity index (χ4n) is 8.74. The van der Waals surface area contributed by atoms with Gasteiger partial charge in [0.1, 0.15) is 0 Å². The summed E-state index contributed by atoms with van der Waals surface area (Å²) in [6, 6.07) is 57.5. The number of nitrogens with zero attached hydrogens (tertiary/aromatic N) is 4. The zero-order valence-electron chi connectivity index (χ0n) is 34.2. The van der Waals surface area contributed by atoms with E-state index in [4.69, 9.17) is 4.74 Å². The van der Waals surface area contributed by atoms with Crippen molar-refractivity contribution < 1.29 is 4.74 Å². The van der Waals surface area contributed by atoms with Crippen LogP contribution in [0.25, 0.3) is 21.8 Å². The Labute approximate surface area is 338 Å². The molecular formula is C52H54N4O. The summed E-state index contributed by atoms with van der Waals surface area (Å²) in [7, 11) is 8.39. The van der Waals surface area contributed by atoms with E-state index < -0.39 is 0 Å². The third-order valence-electron chi connectivity index (χ3n) is 11.8. The Kier molecular flexibility index (Phi) is 11.0. The Morgan fingerprint density at radius 3 is 1.16 bits per heavy atom. The molecule has 0 aliphatic rings. The molecule has 0 spiro atoms. The Balaban J connectivity index is 1.21. The maximum Gasteiger partial charge on any atom is 0.0576 e. The standard InChI is InChI=1S/C52H54N4O/c1-37-51(45-21-13-15-23-49(45)55(37)33-39-17-9-7-10-18-39)47(41-25-29-43(30-26-41)53(3)4)35-57-36-48(42-27-31-44(32-28-42)54(5)6)52-38(2)56(34-40-19-11-8-12-20-40)50-24-16-14-22-46(50)52/h7-32,47-48H,33-36H2,1-6H3. The van der Waals surface area contributed by atoms with Crippen molar-refractivity contribution >= 4 is 33.2 Å². The van der Waals surface area contributed by atoms with Gasteiger partial charge in [-0.05, 0) is 83.6 Å². The number of fused-ring (bicyclic) bond motifs is 2. The molecule has 288 valence electrons. The fraction of sp³-hybridized carbons (Fsp3) is 0.231. The van der Waals surface area contributed by atoms with Crippen LogP contribution in [-0.4, -0.2) is 50.5 Å². The predicted octanol–water partition coefficient (Wildman–Crippen LogP) is 11.4. The number of anilines is 2. The second kappa shape index (κ2) is 16.6. The van der Waals surface area contributed by atoms with Gasteiger partial charge in [0.25, 0.3) is 0 Å². The van der Waals surface area contributed by atoms with Crippen LogP contribution in [0.15, 0.2) is 158 Å². The SMILES string of the molecule is Cc1c(C(COCC(c2ccc(N(C)C)cc2)c2c(C)n(Cc3ccccc3)c3ccccc23)c2ccc(N(C)C)cc2)c2ccccc2n1Cc1ccccc1. The molecular weight excluding hydrogens is 697 g/mol. The Bertz CT molecular complexity index is 2380. The topological polar surface area (TPSA) is 25.6 Å². The minimum absolute atomic E-state index is 0.0282. The smallest absolute Gasteiger partial charge is 0.0576 e. The lowest BCUT2D eigenvalue weighted by Crippen LogP contribution is -2.17. The average molecular weight is 751 g/mol. The van der Waals surface area contributed by atoms with Crippen molar-refractivity contribution in [2.45, 2.75) is 38.8 Å². The minimum atomic E-state index is 0.0282. The summed E-state index contributed by atoms with van der Waals surface area (Å²) in [4.78, 5) is 4.32. The molecule has 2 unspecified atom stereocenters. The summed E-state index contributed by atoms with van der Waals surface area (Å²) < 4.78 is 12.1. The van der Waals surface area contributed by atoms with E-state index in [0.29, 0.717) is 13.2 Å². The summed E-state index contributed by atoms with van der Waals surface area (Å²) in [5.74, 6) is 0.0563. The predicted molar refractivity (Wildman–Crippen MR) is 240 cm³/mol. The first-order valence-electron chi connectivity index (χ1n) is 20.1. The lowest BCUT2D eigenvalue weighted by Gasteiger charge is -2.24. The lowest BCUT2D eigenvalue weighted by atomic mass is 9.88. The molecule has 0 saturated carbocycles. The van der Waals surface area contributed by atoms with Crippen LogP contribution in [-0.2, 0) is 17.8 Å². The van der Waals surface area contributed by atoms with E-state index >= 15 is 0 Å². The van der Waals surface area contributed by atoms with Gasteiger partial charge in [-0.25, -0.2) is 0 Å². The van der Waals surface area contributed by atoms with E-state index in [0.717, 1.165) is 13.1 Å². The van der Waals surface area contributed by atoms with Crippen LogP contribution in [0.2, 0.25) is 0 Å². The number of hydrogen-bond donors (Lipinski definition) is 0. The van der Waals surface area contributed by atoms with Crippen LogP contribution >= 0.6 is 0 Å². The monoisotopic (exact) mass is 750 g/mol. The molecule has 0 fully saturated rings. The quantitative estimate of drug-likeness (QED) is 0.111. The summed E-state index contributed by atoms with van der Waals surface area (Å²) in [6.07, 6.45) is 0.